The molecule has 0 saturated carbocycles. The fourth-order valence-electron chi connectivity index (χ4n) is 2.90. The number of rotatable bonds is 7. The van der Waals surface area contributed by atoms with E-state index in [1.54, 1.807) is 19.9 Å². The molecule has 1 aromatic carbocycles. The van der Waals surface area contributed by atoms with Crippen LogP contribution in [0.15, 0.2) is 47.0 Å². The van der Waals surface area contributed by atoms with Crippen molar-refractivity contribution in [2.24, 2.45) is 0 Å². The molecule has 2 amide bonds. The molecule has 0 aliphatic carbocycles. The predicted molar refractivity (Wildman–Crippen MR) is 116 cm³/mol. The highest BCUT2D eigenvalue weighted by Crippen LogP contribution is 2.19. The lowest BCUT2D eigenvalue weighted by atomic mass is 10.2. The lowest BCUT2D eigenvalue weighted by molar-refractivity contribution is -0.115. The Bertz CT molecular complexity index is 988. The minimum Gasteiger partial charge on any atom is -0.360 e. The van der Waals surface area contributed by atoms with Gasteiger partial charge in [-0.25, -0.2) is 0 Å². The molecule has 152 valence electrons. The van der Waals surface area contributed by atoms with Gasteiger partial charge in [-0.2, -0.15) is 0 Å². The number of aromatic nitrogens is 2. The molecular formula is C21H24N4O3S. The van der Waals surface area contributed by atoms with Gasteiger partial charge in [0, 0.05) is 28.8 Å². The number of hydrogen-bond acceptors (Lipinski definition) is 5. The number of benzene rings is 1. The molecule has 0 aliphatic rings. The molecule has 3 aromatic rings. The third-order valence-electron chi connectivity index (χ3n) is 4.39. The van der Waals surface area contributed by atoms with E-state index in [9.17, 15) is 9.59 Å². The standard InChI is InChI=1S/C21H24N4O3S/c1-13-5-6-14(2)25(13)18-9-7-17(8-10-18)22-20(26)12-29-16(4)21(27)23-19-11-15(3)28-24-19/h5-11,16H,12H2,1-4H3,(H,22,26)(H,23,24,27)/t16-/m0/s1. The summed E-state index contributed by atoms with van der Waals surface area (Å²) in [6.07, 6.45) is 0. The Balaban J connectivity index is 1.49. The maximum absolute atomic E-state index is 12.2. The highest BCUT2D eigenvalue weighted by molar-refractivity contribution is 8.01. The van der Waals surface area contributed by atoms with Gasteiger partial charge < -0.3 is 19.7 Å². The zero-order chi connectivity index (χ0) is 21.0. The molecule has 3 rings (SSSR count). The summed E-state index contributed by atoms with van der Waals surface area (Å²) in [4.78, 5) is 24.4. The lowest BCUT2D eigenvalue weighted by Crippen LogP contribution is -2.25. The average molecular weight is 413 g/mol. The SMILES string of the molecule is Cc1cc(NC(=O)[C@H](C)SCC(=O)Nc2ccc(-n3c(C)ccc3C)cc2)no1. The third kappa shape index (κ3) is 5.29. The van der Waals surface area contributed by atoms with Crippen LogP contribution in [0.5, 0.6) is 0 Å². The fraction of sp³-hybridized carbons (Fsp3) is 0.286. The van der Waals surface area contributed by atoms with Gasteiger partial charge in [0.15, 0.2) is 5.82 Å². The lowest BCUT2D eigenvalue weighted by Gasteiger charge is -2.12. The maximum Gasteiger partial charge on any atom is 0.238 e. The highest BCUT2D eigenvalue weighted by atomic mass is 32.2. The molecule has 2 N–H and O–H groups in total. The van der Waals surface area contributed by atoms with Gasteiger partial charge >= 0.3 is 0 Å². The van der Waals surface area contributed by atoms with Crippen LogP contribution in [0.1, 0.15) is 24.1 Å². The van der Waals surface area contributed by atoms with Gasteiger partial charge in [0.25, 0.3) is 0 Å². The molecule has 0 spiro atoms. The molecule has 1 atom stereocenters. The summed E-state index contributed by atoms with van der Waals surface area (Å²) in [6, 6.07) is 13.5. The Hall–Kier alpha value is -3.00. The monoisotopic (exact) mass is 412 g/mol. The average Bonchev–Trinajstić information content (AvgIpc) is 3.25. The summed E-state index contributed by atoms with van der Waals surface area (Å²) in [6.45, 7) is 7.61. The molecule has 8 heteroatoms. The van der Waals surface area contributed by atoms with E-state index < -0.39 is 5.25 Å². The Morgan fingerprint density at radius 1 is 1.07 bits per heavy atom. The van der Waals surface area contributed by atoms with Crippen LogP contribution >= 0.6 is 11.8 Å². The number of nitrogens with one attached hydrogen (secondary N) is 2. The number of aryl methyl sites for hydroxylation is 3. The van der Waals surface area contributed by atoms with Gasteiger partial charge in [-0.05, 0) is 64.1 Å². The van der Waals surface area contributed by atoms with Crippen molar-refractivity contribution in [1.82, 2.24) is 9.72 Å². The first-order chi connectivity index (χ1) is 13.8. The van der Waals surface area contributed by atoms with Gasteiger partial charge in [-0.3, -0.25) is 9.59 Å². The smallest absolute Gasteiger partial charge is 0.238 e. The number of carbonyl (C=O) groups excluding carboxylic acids is 2. The number of thioether (sulfide) groups is 1. The zero-order valence-corrected chi connectivity index (χ0v) is 17.7. The molecule has 0 radical (unpaired) electrons. The van der Waals surface area contributed by atoms with Gasteiger partial charge in [-0.15, -0.1) is 11.8 Å². The minimum atomic E-state index is -0.403. The van der Waals surface area contributed by atoms with Crippen LogP contribution in [0.3, 0.4) is 0 Å². The second-order valence-electron chi connectivity index (χ2n) is 6.81. The van der Waals surface area contributed by atoms with E-state index >= 15 is 0 Å². The van der Waals surface area contributed by atoms with Crippen molar-refractivity contribution in [2.45, 2.75) is 32.9 Å². The first-order valence-corrected chi connectivity index (χ1v) is 10.3. The van der Waals surface area contributed by atoms with Crippen LogP contribution in [0.2, 0.25) is 0 Å². The van der Waals surface area contributed by atoms with E-state index in [4.69, 9.17) is 4.52 Å². The van der Waals surface area contributed by atoms with E-state index in [1.807, 2.05) is 24.3 Å². The predicted octanol–water partition coefficient (Wildman–Crippen LogP) is 4.09. The summed E-state index contributed by atoms with van der Waals surface area (Å²) in [5.41, 5.74) is 4.08. The molecular weight excluding hydrogens is 388 g/mol. The summed E-state index contributed by atoms with van der Waals surface area (Å²) in [5, 5.41) is 8.85. The largest absolute Gasteiger partial charge is 0.360 e. The van der Waals surface area contributed by atoms with Crippen LogP contribution in [-0.4, -0.2) is 32.5 Å². The second kappa shape index (κ2) is 9.00. The molecule has 2 aromatic heterocycles. The number of nitrogens with zero attached hydrogens (tertiary/aromatic N) is 2. The van der Waals surface area contributed by atoms with Crippen molar-refractivity contribution in [1.29, 1.82) is 0 Å². The summed E-state index contributed by atoms with van der Waals surface area (Å²) in [5.74, 6) is 0.779. The van der Waals surface area contributed by atoms with Crippen molar-refractivity contribution in [3.05, 3.63) is 59.6 Å². The molecule has 29 heavy (non-hydrogen) atoms. The number of anilines is 2. The number of carbonyl (C=O) groups is 2. The molecule has 7 nitrogen and oxygen atoms in total. The van der Waals surface area contributed by atoms with Crippen molar-refractivity contribution >= 4 is 35.1 Å². The van der Waals surface area contributed by atoms with Gasteiger partial charge in [-0.1, -0.05) is 5.16 Å². The third-order valence-corrected chi connectivity index (χ3v) is 5.54. The minimum absolute atomic E-state index is 0.159. The summed E-state index contributed by atoms with van der Waals surface area (Å²) in [7, 11) is 0. The van der Waals surface area contributed by atoms with Crippen LogP contribution in [0, 0.1) is 20.8 Å². The van der Waals surface area contributed by atoms with Crippen molar-refractivity contribution in [3.8, 4) is 5.69 Å². The van der Waals surface area contributed by atoms with E-state index in [2.05, 4.69) is 46.3 Å². The Labute approximate surface area is 173 Å². The maximum atomic E-state index is 12.2. The fourth-order valence-corrected chi connectivity index (χ4v) is 3.58. The molecule has 0 unspecified atom stereocenters. The Kier molecular flexibility index (Phi) is 6.43. The van der Waals surface area contributed by atoms with Crippen molar-refractivity contribution in [2.75, 3.05) is 16.4 Å². The summed E-state index contributed by atoms with van der Waals surface area (Å²) < 4.78 is 7.07. The highest BCUT2D eigenvalue weighted by Gasteiger charge is 2.17. The normalized spacial score (nSPS) is 11.9. The van der Waals surface area contributed by atoms with Gasteiger partial charge in [0.1, 0.15) is 5.76 Å². The quantitative estimate of drug-likeness (QED) is 0.610. The summed E-state index contributed by atoms with van der Waals surface area (Å²) >= 11 is 1.26. The molecule has 0 fully saturated rings. The van der Waals surface area contributed by atoms with E-state index in [0.717, 1.165) is 22.8 Å². The number of amides is 2. The van der Waals surface area contributed by atoms with Crippen molar-refractivity contribution in [3.63, 3.8) is 0 Å². The topological polar surface area (TPSA) is 89.2 Å². The van der Waals surface area contributed by atoms with Crippen LogP contribution in [0.4, 0.5) is 11.5 Å². The molecule has 0 saturated heterocycles. The molecule has 0 bridgehead atoms. The first-order valence-electron chi connectivity index (χ1n) is 9.24. The van der Waals surface area contributed by atoms with Crippen molar-refractivity contribution < 1.29 is 14.1 Å². The number of hydrogen-bond donors (Lipinski definition) is 2. The van der Waals surface area contributed by atoms with Crippen LogP contribution < -0.4 is 10.6 Å². The first kappa shape index (κ1) is 20.7. The van der Waals surface area contributed by atoms with Gasteiger partial charge in [0.05, 0.1) is 11.0 Å². The van der Waals surface area contributed by atoms with Gasteiger partial charge in [0.2, 0.25) is 11.8 Å². The second-order valence-corrected chi connectivity index (χ2v) is 8.14. The molecule has 2 heterocycles. The molecule has 0 aliphatic heterocycles. The van der Waals surface area contributed by atoms with E-state index in [1.165, 1.54) is 11.8 Å². The van der Waals surface area contributed by atoms with Crippen LogP contribution in [-0.2, 0) is 9.59 Å². The Morgan fingerprint density at radius 2 is 1.72 bits per heavy atom. The Morgan fingerprint density at radius 3 is 2.31 bits per heavy atom. The van der Waals surface area contributed by atoms with E-state index in [-0.39, 0.29) is 17.6 Å². The van der Waals surface area contributed by atoms with E-state index in [0.29, 0.717) is 11.6 Å². The van der Waals surface area contributed by atoms with Crippen LogP contribution in [0.25, 0.3) is 5.69 Å². The zero-order valence-electron chi connectivity index (χ0n) is 16.9.